The van der Waals surface area contributed by atoms with Gasteiger partial charge in [0, 0.05) is 25.3 Å². The number of hydrogen-bond donors (Lipinski definition) is 2. The predicted octanol–water partition coefficient (Wildman–Crippen LogP) is 3.52. The molecule has 1 amide bonds. The molecule has 0 saturated carbocycles. The van der Waals surface area contributed by atoms with Crippen molar-refractivity contribution in [2.45, 2.75) is 25.4 Å². The van der Waals surface area contributed by atoms with Crippen LogP contribution in [-0.4, -0.2) is 22.1 Å². The molecule has 3 aromatic rings. The van der Waals surface area contributed by atoms with Crippen molar-refractivity contribution in [1.29, 1.82) is 0 Å². The van der Waals surface area contributed by atoms with Crippen LogP contribution in [0.1, 0.15) is 36.5 Å². The van der Waals surface area contributed by atoms with Gasteiger partial charge in [-0.15, -0.1) is 0 Å². The topological polar surface area (TPSA) is 54.3 Å². The second-order valence-corrected chi connectivity index (χ2v) is 6.38. The van der Waals surface area contributed by atoms with Crippen molar-refractivity contribution in [3.63, 3.8) is 0 Å². The molecule has 0 aliphatic carbocycles. The number of aliphatic hydroxyl groups excluding tert-OH is 1. The summed E-state index contributed by atoms with van der Waals surface area (Å²) in [5.41, 5.74) is 2.93. The van der Waals surface area contributed by atoms with E-state index in [9.17, 15) is 9.90 Å². The maximum atomic E-state index is 12.5. The highest BCUT2D eigenvalue weighted by atomic mass is 16.3. The van der Waals surface area contributed by atoms with E-state index in [0.717, 1.165) is 28.5 Å². The average molecular weight is 336 g/mol. The Bertz CT molecular complexity index is 855. The van der Waals surface area contributed by atoms with Crippen LogP contribution in [0.3, 0.4) is 0 Å². The van der Waals surface area contributed by atoms with Gasteiger partial charge in [-0.05, 0) is 41.1 Å². The molecule has 3 rings (SSSR count). The van der Waals surface area contributed by atoms with Gasteiger partial charge in [-0.1, -0.05) is 43.3 Å². The number of fused-ring (bicyclic) bond motifs is 1. The van der Waals surface area contributed by atoms with E-state index in [1.807, 2.05) is 79.3 Å². The minimum Gasteiger partial charge on any atom is -0.387 e. The van der Waals surface area contributed by atoms with Gasteiger partial charge in [-0.25, -0.2) is 0 Å². The zero-order chi connectivity index (χ0) is 17.8. The van der Waals surface area contributed by atoms with Crippen molar-refractivity contribution < 1.29 is 9.90 Å². The van der Waals surface area contributed by atoms with E-state index in [-0.39, 0.29) is 18.4 Å². The maximum Gasteiger partial charge on any atom is 0.227 e. The van der Waals surface area contributed by atoms with Crippen LogP contribution >= 0.6 is 0 Å². The third-order valence-electron chi connectivity index (χ3n) is 4.69. The summed E-state index contributed by atoms with van der Waals surface area (Å²) in [7, 11) is 1.99. The molecule has 0 unspecified atom stereocenters. The molecule has 0 aliphatic heterocycles. The normalized spacial score (nSPS) is 13.6. The summed E-state index contributed by atoms with van der Waals surface area (Å²) in [6, 6.07) is 17.7. The third kappa shape index (κ3) is 3.74. The molecule has 0 spiro atoms. The highest BCUT2D eigenvalue weighted by Gasteiger charge is 2.19. The van der Waals surface area contributed by atoms with E-state index < -0.39 is 6.10 Å². The Morgan fingerprint density at radius 3 is 2.60 bits per heavy atom. The van der Waals surface area contributed by atoms with Gasteiger partial charge < -0.3 is 15.0 Å². The Hall–Kier alpha value is -2.59. The Morgan fingerprint density at radius 1 is 1.12 bits per heavy atom. The van der Waals surface area contributed by atoms with Crippen LogP contribution in [0.25, 0.3) is 10.9 Å². The first kappa shape index (κ1) is 17.2. The first-order valence-electron chi connectivity index (χ1n) is 8.66. The molecule has 4 heteroatoms. The Morgan fingerprint density at radius 2 is 1.88 bits per heavy atom. The maximum absolute atomic E-state index is 12.5. The lowest BCUT2D eigenvalue weighted by Crippen LogP contribution is -2.32. The van der Waals surface area contributed by atoms with Gasteiger partial charge in [0.15, 0.2) is 0 Å². The van der Waals surface area contributed by atoms with Gasteiger partial charge in [0.1, 0.15) is 0 Å². The number of nitrogens with zero attached hydrogens (tertiary/aromatic N) is 1. The Labute approximate surface area is 148 Å². The average Bonchev–Trinajstić information content (AvgIpc) is 3.01. The highest BCUT2D eigenvalue weighted by Crippen LogP contribution is 2.22. The molecule has 2 aromatic carbocycles. The van der Waals surface area contributed by atoms with Crippen LogP contribution in [0.5, 0.6) is 0 Å². The van der Waals surface area contributed by atoms with E-state index in [1.165, 1.54) is 0 Å². The molecule has 25 heavy (non-hydrogen) atoms. The second-order valence-electron chi connectivity index (χ2n) is 6.38. The van der Waals surface area contributed by atoms with Crippen molar-refractivity contribution in [3.05, 3.63) is 71.9 Å². The van der Waals surface area contributed by atoms with E-state index in [1.54, 1.807) is 0 Å². The smallest absolute Gasteiger partial charge is 0.227 e. The first-order chi connectivity index (χ1) is 12.1. The van der Waals surface area contributed by atoms with Crippen LogP contribution in [0, 0.1) is 0 Å². The van der Waals surface area contributed by atoms with Gasteiger partial charge in [0.25, 0.3) is 0 Å². The number of amides is 1. The van der Waals surface area contributed by atoms with Crippen LogP contribution in [0.15, 0.2) is 60.8 Å². The number of aryl methyl sites for hydroxylation is 1. The lowest BCUT2D eigenvalue weighted by atomic mass is 9.95. The summed E-state index contributed by atoms with van der Waals surface area (Å²) in [5, 5.41) is 14.4. The number of aliphatic hydroxyl groups is 1. The number of hydrogen-bond acceptors (Lipinski definition) is 2. The highest BCUT2D eigenvalue weighted by molar-refractivity contribution is 5.83. The van der Waals surface area contributed by atoms with Crippen LogP contribution in [-0.2, 0) is 11.8 Å². The van der Waals surface area contributed by atoms with Crippen LogP contribution < -0.4 is 5.32 Å². The van der Waals surface area contributed by atoms with Gasteiger partial charge in [-0.3, -0.25) is 4.79 Å². The van der Waals surface area contributed by atoms with Crippen LogP contribution in [0.2, 0.25) is 0 Å². The molecule has 2 atom stereocenters. The lowest BCUT2D eigenvalue weighted by Gasteiger charge is -2.18. The molecular formula is C21H24N2O2. The SMILES string of the molecule is CC[C@H](C(=O)NC[C@@H](O)c1ccc2c(ccn2C)c1)c1ccccc1. The zero-order valence-electron chi connectivity index (χ0n) is 14.6. The lowest BCUT2D eigenvalue weighted by molar-refractivity contribution is -0.123. The van der Waals surface area contributed by atoms with Gasteiger partial charge in [0.05, 0.1) is 12.0 Å². The van der Waals surface area contributed by atoms with E-state index in [4.69, 9.17) is 0 Å². The quantitative estimate of drug-likeness (QED) is 0.723. The fourth-order valence-electron chi connectivity index (χ4n) is 3.20. The van der Waals surface area contributed by atoms with Gasteiger partial charge in [-0.2, -0.15) is 0 Å². The Balaban J connectivity index is 1.65. The van der Waals surface area contributed by atoms with Crippen molar-refractivity contribution in [2.75, 3.05) is 6.54 Å². The summed E-state index contributed by atoms with van der Waals surface area (Å²) in [6.07, 6.45) is 2.00. The molecule has 1 heterocycles. The minimum absolute atomic E-state index is 0.0476. The molecule has 0 bridgehead atoms. The molecule has 130 valence electrons. The second kappa shape index (κ2) is 7.53. The number of rotatable bonds is 6. The fourth-order valence-corrected chi connectivity index (χ4v) is 3.20. The number of benzene rings is 2. The summed E-state index contributed by atoms with van der Waals surface area (Å²) in [5.74, 6) is -0.237. The van der Waals surface area contributed by atoms with E-state index in [2.05, 4.69) is 5.32 Å². The third-order valence-corrected chi connectivity index (χ3v) is 4.69. The van der Waals surface area contributed by atoms with Crippen LogP contribution in [0.4, 0.5) is 0 Å². The molecule has 0 aliphatic rings. The monoisotopic (exact) mass is 336 g/mol. The van der Waals surface area contributed by atoms with Crippen molar-refractivity contribution in [3.8, 4) is 0 Å². The molecule has 0 radical (unpaired) electrons. The number of nitrogens with one attached hydrogen (secondary N) is 1. The zero-order valence-corrected chi connectivity index (χ0v) is 14.6. The predicted molar refractivity (Wildman–Crippen MR) is 100 cm³/mol. The molecule has 1 aromatic heterocycles. The molecule has 4 nitrogen and oxygen atoms in total. The van der Waals surface area contributed by atoms with Crippen molar-refractivity contribution in [1.82, 2.24) is 9.88 Å². The summed E-state index contributed by atoms with van der Waals surface area (Å²) in [4.78, 5) is 12.5. The largest absolute Gasteiger partial charge is 0.387 e. The van der Waals surface area contributed by atoms with E-state index >= 15 is 0 Å². The molecular weight excluding hydrogens is 312 g/mol. The number of carbonyl (C=O) groups is 1. The first-order valence-corrected chi connectivity index (χ1v) is 8.66. The summed E-state index contributed by atoms with van der Waals surface area (Å²) < 4.78 is 2.04. The Kier molecular flexibility index (Phi) is 5.19. The number of aromatic nitrogens is 1. The van der Waals surface area contributed by atoms with Crippen molar-refractivity contribution >= 4 is 16.8 Å². The van der Waals surface area contributed by atoms with E-state index in [0.29, 0.717) is 0 Å². The molecule has 0 fully saturated rings. The van der Waals surface area contributed by atoms with Gasteiger partial charge >= 0.3 is 0 Å². The standard InChI is InChI=1S/C21H24N2O2/c1-3-18(15-7-5-4-6-8-15)21(25)22-14-20(24)17-9-10-19-16(13-17)11-12-23(19)2/h4-13,18,20,24H,3,14H2,1-2H3,(H,22,25)/t18-,20+/m0/s1. The minimum atomic E-state index is -0.721. The molecule has 2 N–H and O–H groups in total. The number of carbonyl (C=O) groups excluding carboxylic acids is 1. The summed E-state index contributed by atoms with van der Waals surface area (Å²) in [6.45, 7) is 2.21. The fraction of sp³-hybridized carbons (Fsp3) is 0.286. The molecule has 0 saturated heterocycles. The van der Waals surface area contributed by atoms with Gasteiger partial charge in [0.2, 0.25) is 5.91 Å². The summed E-state index contributed by atoms with van der Waals surface area (Å²) >= 11 is 0. The van der Waals surface area contributed by atoms with Crippen molar-refractivity contribution in [2.24, 2.45) is 7.05 Å².